The molecule has 0 aromatic carbocycles. The van der Waals surface area contributed by atoms with E-state index in [1.165, 1.54) is 0 Å². The molecule has 18 heavy (non-hydrogen) atoms. The summed E-state index contributed by atoms with van der Waals surface area (Å²) in [6, 6.07) is 0. The van der Waals surface area contributed by atoms with Crippen molar-refractivity contribution >= 4 is 30.4 Å². The van der Waals surface area contributed by atoms with Gasteiger partial charge in [-0.05, 0) is 7.60 Å². The van der Waals surface area contributed by atoms with E-state index in [0.717, 1.165) is 0 Å². The summed E-state index contributed by atoms with van der Waals surface area (Å²) in [5, 5.41) is 0. The molecule has 0 unspecified atom stereocenters. The summed E-state index contributed by atoms with van der Waals surface area (Å²) in [5.74, 6) is 0. The molecule has 0 amide bonds. The average molecular weight is 390 g/mol. The van der Waals surface area contributed by atoms with Crippen LogP contribution in [-0.4, -0.2) is 33.7 Å². The number of rotatable bonds is 4. The summed E-state index contributed by atoms with van der Waals surface area (Å²) in [5.41, 5.74) is 0. The molecule has 17 heteroatoms. The predicted molar refractivity (Wildman–Crippen MR) is 46.5 cm³/mol. The number of hydrogen-bond donors (Lipinski definition) is 6. The fourth-order valence-electron chi connectivity index (χ4n) is 0.988. The molecule has 110 valence electrons. The molecule has 0 aliphatic carbocycles. The van der Waals surface area contributed by atoms with Crippen molar-refractivity contribution in [2.45, 2.75) is 4.38 Å². The van der Waals surface area contributed by atoms with Crippen molar-refractivity contribution in [1.29, 1.82) is 0 Å². The number of hydrogen-bond acceptors (Lipinski definition) is 6. The second-order valence-electron chi connectivity index (χ2n) is 2.73. The first kappa shape index (κ1) is 21.4. The van der Waals surface area contributed by atoms with Crippen molar-refractivity contribution in [3.05, 3.63) is 0 Å². The van der Waals surface area contributed by atoms with Crippen molar-refractivity contribution in [1.82, 2.24) is 0 Å². The van der Waals surface area contributed by atoms with Crippen LogP contribution in [0, 0.1) is 0 Å². The standard InChI is InChI=1S/CH8O12P4.Fe/c2-14(3,4)1(15(5,6)7,16(8,9)10)17(11,12)13;/h(H2,2,3,4)(H2,5,6,7)(H2,8,9,10)(H2,11,12,13);/q;+2/p-2. The van der Waals surface area contributed by atoms with Crippen LogP contribution >= 0.6 is 30.4 Å². The third-order valence-electron chi connectivity index (χ3n) is 1.54. The van der Waals surface area contributed by atoms with E-state index < -0.39 is 34.8 Å². The van der Waals surface area contributed by atoms with E-state index in [2.05, 4.69) is 0 Å². The van der Waals surface area contributed by atoms with Gasteiger partial charge in [-0.3, -0.25) is 13.7 Å². The first-order valence-corrected chi connectivity index (χ1v) is 9.57. The predicted octanol–water partition coefficient (Wildman–Crippen LogP) is -2.96. The van der Waals surface area contributed by atoms with Crippen LogP contribution in [0.3, 0.4) is 0 Å². The van der Waals surface area contributed by atoms with Crippen LogP contribution in [0.4, 0.5) is 0 Å². The summed E-state index contributed by atoms with van der Waals surface area (Å²) >= 11 is 0. The Morgan fingerprint density at radius 1 is 0.667 bits per heavy atom. The van der Waals surface area contributed by atoms with Gasteiger partial charge < -0.3 is 43.7 Å². The topological polar surface area (TPSA) is 236 Å². The Morgan fingerprint density at radius 3 is 0.833 bits per heavy atom. The SMILES string of the molecule is O=P([O-])([O-])C(P(=O)(O)O)(P(=O)(O)O)P(=O)(O)O.[Fe+2]. The molecule has 0 saturated heterocycles. The first-order chi connectivity index (χ1) is 7.00. The van der Waals surface area contributed by atoms with Gasteiger partial charge in [0.25, 0.3) is 4.38 Å². The van der Waals surface area contributed by atoms with Gasteiger partial charge in [-0.2, -0.15) is 0 Å². The molecule has 0 fully saturated rings. The Kier molecular flexibility index (Phi) is 6.52. The van der Waals surface area contributed by atoms with Crippen molar-refractivity contribution in [2.24, 2.45) is 0 Å². The maximum Gasteiger partial charge on any atom is 2.00 e. The van der Waals surface area contributed by atoms with E-state index in [-0.39, 0.29) is 17.1 Å². The zero-order chi connectivity index (χ0) is 14.5. The Labute approximate surface area is 110 Å². The fraction of sp³-hybridized carbons (Fsp3) is 1.00. The van der Waals surface area contributed by atoms with E-state index >= 15 is 0 Å². The minimum absolute atomic E-state index is 0. The van der Waals surface area contributed by atoms with Crippen LogP contribution in [0.15, 0.2) is 0 Å². The van der Waals surface area contributed by atoms with Gasteiger partial charge in [0.2, 0.25) is 0 Å². The van der Waals surface area contributed by atoms with E-state index in [9.17, 15) is 28.0 Å². The van der Waals surface area contributed by atoms with Gasteiger partial charge in [-0.25, -0.2) is 0 Å². The van der Waals surface area contributed by atoms with Crippen molar-refractivity contribution in [3.8, 4) is 0 Å². The maximum atomic E-state index is 10.7. The summed E-state index contributed by atoms with van der Waals surface area (Å²) in [6.45, 7) is 0. The van der Waals surface area contributed by atoms with Crippen molar-refractivity contribution in [3.63, 3.8) is 0 Å². The van der Waals surface area contributed by atoms with Gasteiger partial charge in [0.05, 0.1) is 0 Å². The molecular weight excluding hydrogens is 384 g/mol. The Hall–Kier alpha value is 1.12. The van der Waals surface area contributed by atoms with Gasteiger partial charge in [-0.1, -0.05) is 0 Å². The monoisotopic (exact) mass is 390 g/mol. The Balaban J connectivity index is 0. The van der Waals surface area contributed by atoms with Crippen LogP contribution in [0.1, 0.15) is 0 Å². The molecule has 0 saturated carbocycles. The van der Waals surface area contributed by atoms with E-state index in [4.69, 9.17) is 29.4 Å². The largest absolute Gasteiger partial charge is 2.00 e. The summed E-state index contributed by atoms with van der Waals surface area (Å²) in [7, 11) is -27.1. The minimum atomic E-state index is -7.06. The smallest absolute Gasteiger partial charge is 0.809 e. The zero-order valence-corrected chi connectivity index (χ0v) is 12.5. The van der Waals surface area contributed by atoms with E-state index in [1.807, 2.05) is 0 Å². The molecule has 12 nitrogen and oxygen atoms in total. The summed E-state index contributed by atoms with van der Waals surface area (Å²) in [4.78, 5) is 72.1. The molecule has 0 aliphatic rings. The second kappa shape index (κ2) is 5.48. The maximum absolute atomic E-state index is 10.7. The normalized spacial score (nSPS) is 15.1. The van der Waals surface area contributed by atoms with Crippen LogP contribution in [0.5, 0.6) is 0 Å². The molecule has 0 heterocycles. The third kappa shape index (κ3) is 3.23. The fourth-order valence-corrected chi connectivity index (χ4v) is 8.89. The minimum Gasteiger partial charge on any atom is -0.809 e. The van der Waals surface area contributed by atoms with Crippen LogP contribution in [0.25, 0.3) is 0 Å². The Bertz CT molecular complexity index is 389. The third-order valence-corrected chi connectivity index (χ3v) is 13.9. The molecule has 0 radical (unpaired) electrons. The quantitative estimate of drug-likeness (QED) is 0.209. The zero-order valence-electron chi connectivity index (χ0n) is 7.78. The second-order valence-corrected chi connectivity index (χ2v) is 11.8. The molecule has 0 aliphatic heterocycles. The van der Waals surface area contributed by atoms with Gasteiger partial charge in [-0.15, -0.1) is 0 Å². The molecule has 0 rings (SSSR count). The molecule has 0 atom stereocenters. The molecule has 0 bridgehead atoms. The van der Waals surface area contributed by atoms with E-state index in [1.54, 1.807) is 0 Å². The van der Waals surface area contributed by atoms with Crippen molar-refractivity contribution in [2.75, 3.05) is 0 Å². The Morgan fingerprint density at radius 2 is 0.833 bits per heavy atom. The molecular formula is CH6FeO12P4. The van der Waals surface area contributed by atoms with Crippen LogP contribution in [-0.2, 0) is 35.3 Å². The van der Waals surface area contributed by atoms with Gasteiger partial charge >= 0.3 is 39.9 Å². The van der Waals surface area contributed by atoms with E-state index in [0.29, 0.717) is 0 Å². The average Bonchev–Trinajstić information content (AvgIpc) is 1.67. The molecule has 0 aromatic rings. The van der Waals surface area contributed by atoms with Crippen LogP contribution in [0.2, 0.25) is 0 Å². The molecule has 6 N–H and O–H groups in total. The molecule has 0 spiro atoms. The van der Waals surface area contributed by atoms with Gasteiger partial charge in [0.15, 0.2) is 0 Å². The molecule has 0 aromatic heterocycles. The van der Waals surface area contributed by atoms with Gasteiger partial charge in [0.1, 0.15) is 0 Å². The summed E-state index contributed by atoms with van der Waals surface area (Å²) in [6.07, 6.45) is 0. The van der Waals surface area contributed by atoms with Crippen LogP contribution < -0.4 is 9.79 Å². The van der Waals surface area contributed by atoms with Crippen molar-refractivity contribution < 1.29 is 74.5 Å². The van der Waals surface area contributed by atoms with Gasteiger partial charge in [0, 0.05) is 0 Å². The summed E-state index contributed by atoms with van der Waals surface area (Å²) < 4.78 is 37.5. The first-order valence-electron chi connectivity index (χ1n) is 3.19.